The topological polar surface area (TPSA) is 3.24 Å². The van der Waals surface area contributed by atoms with Crippen LogP contribution in [-0.4, -0.2) is 24.5 Å². The second-order valence-corrected chi connectivity index (χ2v) is 6.98. The fourth-order valence-corrected chi connectivity index (χ4v) is 3.76. The summed E-state index contributed by atoms with van der Waals surface area (Å²) in [5.74, 6) is 0.403. The lowest BCUT2D eigenvalue weighted by atomic mass is 9.79. The van der Waals surface area contributed by atoms with Crippen molar-refractivity contribution < 1.29 is 0 Å². The summed E-state index contributed by atoms with van der Waals surface area (Å²) in [7, 11) is 0. The Labute approximate surface area is 146 Å². The van der Waals surface area contributed by atoms with Crippen LogP contribution in [0.3, 0.4) is 0 Å². The molecule has 2 aromatic rings. The van der Waals surface area contributed by atoms with E-state index in [1.807, 2.05) is 24.3 Å². The van der Waals surface area contributed by atoms with Gasteiger partial charge in [0, 0.05) is 35.6 Å². The average Bonchev–Trinajstić information content (AvgIpc) is 2.58. The molecule has 0 N–H and O–H groups in total. The summed E-state index contributed by atoms with van der Waals surface area (Å²) >= 11 is 12.1. The third kappa shape index (κ3) is 2.97. The molecule has 0 atom stereocenters. The van der Waals surface area contributed by atoms with Gasteiger partial charge in [0.1, 0.15) is 0 Å². The van der Waals surface area contributed by atoms with Crippen molar-refractivity contribution in [2.75, 3.05) is 19.6 Å². The van der Waals surface area contributed by atoms with Crippen molar-refractivity contribution in [3.63, 3.8) is 0 Å². The number of hydrogen-bond acceptors (Lipinski definition) is 1. The monoisotopic (exact) mass is 341 g/mol. The lowest BCUT2D eigenvalue weighted by Crippen LogP contribution is -2.38. The minimum Gasteiger partial charge on any atom is -0.295 e. The quantitative estimate of drug-likeness (QED) is 0.706. The molecule has 0 saturated carbocycles. The molecule has 2 heterocycles. The van der Waals surface area contributed by atoms with Crippen LogP contribution in [-0.2, 0) is 0 Å². The smallest absolute Gasteiger partial charge is 0.0406 e. The molecule has 0 unspecified atom stereocenters. The number of benzene rings is 2. The molecule has 2 aliphatic rings. The molecule has 2 bridgehead atoms. The summed E-state index contributed by atoms with van der Waals surface area (Å²) in [6.07, 6.45) is 4.72. The molecule has 3 heteroatoms. The predicted molar refractivity (Wildman–Crippen MR) is 98.8 cm³/mol. The summed E-state index contributed by atoms with van der Waals surface area (Å²) in [6.45, 7) is 3.10. The SMILES string of the molecule is Clc1ccc(C2=CCN3CC=C(c4ccc(Cl)cc4)C2C3)cc1. The summed E-state index contributed by atoms with van der Waals surface area (Å²) in [6, 6.07) is 16.4. The first-order valence-electron chi connectivity index (χ1n) is 7.85. The van der Waals surface area contributed by atoms with Crippen LogP contribution in [0.5, 0.6) is 0 Å². The Bertz CT molecular complexity index is 707. The van der Waals surface area contributed by atoms with Gasteiger partial charge in [-0.3, -0.25) is 4.90 Å². The van der Waals surface area contributed by atoms with Crippen LogP contribution in [0.4, 0.5) is 0 Å². The molecule has 0 amide bonds. The van der Waals surface area contributed by atoms with Crippen LogP contribution >= 0.6 is 23.2 Å². The summed E-state index contributed by atoms with van der Waals surface area (Å²) in [5.41, 5.74) is 5.33. The van der Waals surface area contributed by atoms with Crippen molar-refractivity contribution >= 4 is 34.3 Å². The van der Waals surface area contributed by atoms with Gasteiger partial charge in [-0.25, -0.2) is 0 Å². The van der Waals surface area contributed by atoms with Gasteiger partial charge in [0.05, 0.1) is 0 Å². The Morgan fingerprint density at radius 3 is 1.57 bits per heavy atom. The van der Waals surface area contributed by atoms with Gasteiger partial charge in [-0.1, -0.05) is 59.6 Å². The van der Waals surface area contributed by atoms with Crippen molar-refractivity contribution in [1.29, 1.82) is 0 Å². The van der Waals surface area contributed by atoms with Crippen LogP contribution in [0.1, 0.15) is 11.1 Å². The highest BCUT2D eigenvalue weighted by Crippen LogP contribution is 2.40. The average molecular weight is 342 g/mol. The van der Waals surface area contributed by atoms with Gasteiger partial charge in [-0.15, -0.1) is 0 Å². The number of rotatable bonds is 2. The first-order chi connectivity index (χ1) is 11.2. The molecule has 116 valence electrons. The molecule has 0 saturated heterocycles. The molecule has 23 heavy (non-hydrogen) atoms. The second kappa shape index (κ2) is 6.16. The first-order valence-corrected chi connectivity index (χ1v) is 8.60. The lowest BCUT2D eigenvalue weighted by Gasteiger charge is -2.38. The number of fused-ring (bicyclic) bond motifs is 2. The van der Waals surface area contributed by atoms with E-state index in [9.17, 15) is 0 Å². The van der Waals surface area contributed by atoms with Crippen LogP contribution in [0.15, 0.2) is 60.7 Å². The third-order valence-corrected chi connectivity index (χ3v) is 5.19. The van der Waals surface area contributed by atoms with E-state index in [0.717, 1.165) is 29.7 Å². The summed E-state index contributed by atoms with van der Waals surface area (Å²) in [5, 5.41) is 1.56. The molecular formula is C20H17Cl2N. The highest BCUT2D eigenvalue weighted by molar-refractivity contribution is 6.30. The molecule has 0 aliphatic carbocycles. The Morgan fingerprint density at radius 1 is 0.696 bits per heavy atom. The van der Waals surface area contributed by atoms with Gasteiger partial charge >= 0.3 is 0 Å². The minimum atomic E-state index is 0.403. The van der Waals surface area contributed by atoms with E-state index in [2.05, 4.69) is 41.3 Å². The molecule has 0 radical (unpaired) electrons. The highest BCUT2D eigenvalue weighted by Gasteiger charge is 2.30. The van der Waals surface area contributed by atoms with Gasteiger partial charge in [0.25, 0.3) is 0 Å². The van der Waals surface area contributed by atoms with E-state index in [0.29, 0.717) is 5.92 Å². The zero-order valence-corrected chi connectivity index (χ0v) is 14.2. The third-order valence-electron chi connectivity index (χ3n) is 4.69. The molecule has 0 aromatic heterocycles. The van der Waals surface area contributed by atoms with E-state index in [1.165, 1.54) is 22.3 Å². The van der Waals surface area contributed by atoms with Crippen molar-refractivity contribution in [3.8, 4) is 0 Å². The van der Waals surface area contributed by atoms with Gasteiger partial charge < -0.3 is 0 Å². The van der Waals surface area contributed by atoms with Crippen molar-refractivity contribution in [1.82, 2.24) is 4.90 Å². The normalized spacial score (nSPS) is 23.2. The zero-order chi connectivity index (χ0) is 15.8. The molecule has 1 nitrogen and oxygen atoms in total. The maximum Gasteiger partial charge on any atom is 0.0406 e. The van der Waals surface area contributed by atoms with Gasteiger partial charge in [-0.2, -0.15) is 0 Å². The number of nitrogens with zero attached hydrogens (tertiary/aromatic N) is 1. The van der Waals surface area contributed by atoms with Gasteiger partial charge in [0.15, 0.2) is 0 Å². The summed E-state index contributed by atoms with van der Waals surface area (Å²) < 4.78 is 0. The molecule has 2 aromatic carbocycles. The van der Waals surface area contributed by atoms with Crippen LogP contribution in [0.2, 0.25) is 10.0 Å². The Hall–Kier alpha value is -1.54. The van der Waals surface area contributed by atoms with E-state index in [-0.39, 0.29) is 0 Å². The Balaban J connectivity index is 1.73. The second-order valence-electron chi connectivity index (χ2n) is 6.10. The maximum atomic E-state index is 6.04. The largest absolute Gasteiger partial charge is 0.295 e. The summed E-state index contributed by atoms with van der Waals surface area (Å²) in [4.78, 5) is 2.48. The predicted octanol–water partition coefficient (Wildman–Crippen LogP) is 5.41. The Kier molecular flexibility index (Phi) is 4.02. The van der Waals surface area contributed by atoms with Gasteiger partial charge in [-0.05, 0) is 46.5 Å². The van der Waals surface area contributed by atoms with Crippen molar-refractivity contribution in [2.24, 2.45) is 5.92 Å². The first kappa shape index (κ1) is 15.0. The molecule has 4 rings (SSSR count). The highest BCUT2D eigenvalue weighted by atomic mass is 35.5. The number of halogens is 2. The maximum absolute atomic E-state index is 6.04. The fraction of sp³-hybridized carbons (Fsp3) is 0.200. The van der Waals surface area contributed by atoms with Crippen molar-refractivity contribution in [3.05, 3.63) is 81.9 Å². The van der Waals surface area contributed by atoms with E-state index >= 15 is 0 Å². The van der Waals surface area contributed by atoms with Crippen LogP contribution in [0.25, 0.3) is 11.1 Å². The molecular weight excluding hydrogens is 325 g/mol. The lowest BCUT2D eigenvalue weighted by molar-refractivity contribution is 0.302. The van der Waals surface area contributed by atoms with Crippen molar-refractivity contribution in [2.45, 2.75) is 0 Å². The standard InChI is InChI=1S/C20H17Cl2N/c21-16-5-1-14(2-6-16)18-9-11-23-12-10-19(20(18)13-23)15-3-7-17(22)8-4-15/h1-10,20H,11-13H2. The zero-order valence-electron chi connectivity index (χ0n) is 12.7. The number of hydrogen-bond donors (Lipinski definition) is 0. The minimum absolute atomic E-state index is 0.403. The van der Waals surface area contributed by atoms with E-state index in [1.54, 1.807) is 0 Å². The fourth-order valence-electron chi connectivity index (χ4n) is 3.51. The molecule has 0 spiro atoms. The van der Waals surface area contributed by atoms with Gasteiger partial charge in [0.2, 0.25) is 0 Å². The van der Waals surface area contributed by atoms with Crippen LogP contribution in [0, 0.1) is 5.92 Å². The van der Waals surface area contributed by atoms with E-state index < -0.39 is 0 Å². The van der Waals surface area contributed by atoms with E-state index in [4.69, 9.17) is 23.2 Å². The Morgan fingerprint density at radius 2 is 1.13 bits per heavy atom. The molecule has 2 aliphatic heterocycles. The molecule has 0 fully saturated rings. The van der Waals surface area contributed by atoms with Crippen LogP contribution < -0.4 is 0 Å².